The van der Waals surface area contributed by atoms with Crippen molar-refractivity contribution in [3.05, 3.63) is 70.5 Å². The molecule has 30 heavy (non-hydrogen) atoms. The second-order valence-corrected chi connectivity index (χ2v) is 8.96. The standard InChI is InChI=1S/C24H28ClFN2O2/c1-30-16-23(29)28-11-9-24(10-12-28)17-27(14-18-7-8-21(25)22(26)13-18)15-20(24)19-5-3-2-4-6-19/h2-8,13,20H,9-12,14-17H2,1H3/t20-/m0/s1. The third-order valence-corrected chi connectivity index (χ3v) is 7.00. The van der Waals surface area contributed by atoms with Gasteiger partial charge in [0.05, 0.1) is 5.02 Å². The Kier molecular flexibility index (Phi) is 6.42. The van der Waals surface area contributed by atoms with E-state index in [1.54, 1.807) is 13.2 Å². The summed E-state index contributed by atoms with van der Waals surface area (Å²) in [6, 6.07) is 15.7. The third-order valence-electron chi connectivity index (χ3n) is 6.69. The summed E-state index contributed by atoms with van der Waals surface area (Å²) in [6.07, 6.45) is 1.93. The topological polar surface area (TPSA) is 32.8 Å². The van der Waals surface area contributed by atoms with Gasteiger partial charge < -0.3 is 9.64 Å². The highest BCUT2D eigenvalue weighted by atomic mass is 35.5. The number of methoxy groups -OCH3 is 1. The predicted octanol–water partition coefficient (Wildman–Crippen LogP) is 4.33. The van der Waals surface area contributed by atoms with Crippen molar-refractivity contribution in [2.75, 3.05) is 39.9 Å². The van der Waals surface area contributed by atoms with Gasteiger partial charge in [-0.1, -0.05) is 48.0 Å². The average molecular weight is 431 g/mol. The first-order valence-corrected chi connectivity index (χ1v) is 10.9. The molecule has 4 rings (SSSR count). The predicted molar refractivity (Wildman–Crippen MR) is 116 cm³/mol. The fraction of sp³-hybridized carbons (Fsp3) is 0.458. The van der Waals surface area contributed by atoms with E-state index in [0.717, 1.165) is 44.6 Å². The van der Waals surface area contributed by atoms with Gasteiger partial charge in [0.1, 0.15) is 12.4 Å². The van der Waals surface area contributed by atoms with Crippen molar-refractivity contribution in [3.8, 4) is 0 Å². The molecule has 0 N–H and O–H groups in total. The van der Waals surface area contributed by atoms with Crippen molar-refractivity contribution in [2.24, 2.45) is 5.41 Å². The van der Waals surface area contributed by atoms with Crippen molar-refractivity contribution in [3.63, 3.8) is 0 Å². The number of rotatable bonds is 5. The quantitative estimate of drug-likeness (QED) is 0.707. The second kappa shape index (κ2) is 9.04. The molecular weight excluding hydrogens is 403 g/mol. The van der Waals surface area contributed by atoms with Crippen LogP contribution in [-0.4, -0.2) is 55.6 Å². The van der Waals surface area contributed by atoms with Gasteiger partial charge >= 0.3 is 0 Å². The van der Waals surface area contributed by atoms with Gasteiger partial charge in [-0.05, 0) is 41.5 Å². The Morgan fingerprint density at radius 3 is 2.60 bits per heavy atom. The summed E-state index contributed by atoms with van der Waals surface area (Å²) in [5.41, 5.74) is 2.41. The molecule has 6 heteroatoms. The smallest absolute Gasteiger partial charge is 0.248 e. The summed E-state index contributed by atoms with van der Waals surface area (Å²) in [4.78, 5) is 16.6. The van der Waals surface area contributed by atoms with E-state index in [4.69, 9.17) is 16.3 Å². The molecule has 2 fully saturated rings. The maximum absolute atomic E-state index is 13.9. The average Bonchev–Trinajstić information content (AvgIpc) is 3.09. The second-order valence-electron chi connectivity index (χ2n) is 8.56. The number of ether oxygens (including phenoxy) is 1. The zero-order valence-corrected chi connectivity index (χ0v) is 18.1. The Morgan fingerprint density at radius 1 is 1.20 bits per heavy atom. The Balaban J connectivity index is 1.53. The number of likely N-dealkylation sites (tertiary alicyclic amines) is 2. The molecule has 2 aliphatic rings. The maximum atomic E-state index is 13.9. The van der Waals surface area contributed by atoms with E-state index >= 15 is 0 Å². The molecule has 0 radical (unpaired) electrons. The molecule has 2 aromatic carbocycles. The summed E-state index contributed by atoms with van der Waals surface area (Å²) >= 11 is 5.85. The molecule has 1 spiro atoms. The van der Waals surface area contributed by atoms with Crippen LogP contribution in [0.3, 0.4) is 0 Å². The van der Waals surface area contributed by atoms with E-state index in [9.17, 15) is 9.18 Å². The van der Waals surface area contributed by atoms with Gasteiger partial charge in [0.15, 0.2) is 0 Å². The number of piperidine rings is 1. The van der Waals surface area contributed by atoms with Crippen LogP contribution in [0.15, 0.2) is 48.5 Å². The lowest BCUT2D eigenvalue weighted by Crippen LogP contribution is -2.47. The Morgan fingerprint density at radius 2 is 1.93 bits per heavy atom. The zero-order chi connectivity index (χ0) is 21.1. The lowest BCUT2D eigenvalue weighted by Gasteiger charge is -2.43. The van der Waals surface area contributed by atoms with Crippen LogP contribution in [0, 0.1) is 11.2 Å². The number of carbonyl (C=O) groups is 1. The molecule has 160 valence electrons. The van der Waals surface area contributed by atoms with Crippen molar-refractivity contribution in [1.29, 1.82) is 0 Å². The number of amides is 1. The molecular formula is C24H28ClFN2O2. The van der Waals surface area contributed by atoms with Crippen LogP contribution in [-0.2, 0) is 16.1 Å². The van der Waals surface area contributed by atoms with E-state index < -0.39 is 0 Å². The lowest BCUT2D eigenvalue weighted by atomic mass is 9.68. The highest BCUT2D eigenvalue weighted by molar-refractivity contribution is 6.30. The molecule has 2 saturated heterocycles. The fourth-order valence-corrected chi connectivity index (χ4v) is 5.27. The molecule has 0 aliphatic carbocycles. The Hall–Kier alpha value is -1.95. The third kappa shape index (κ3) is 4.39. The molecule has 0 bridgehead atoms. The SMILES string of the molecule is COCC(=O)N1CCC2(CC1)CN(Cc1ccc(Cl)c(F)c1)C[C@H]2c1ccccc1. The van der Waals surface area contributed by atoms with Crippen LogP contribution < -0.4 is 0 Å². The van der Waals surface area contributed by atoms with Crippen molar-refractivity contribution < 1.29 is 13.9 Å². The van der Waals surface area contributed by atoms with Gasteiger partial charge in [0.2, 0.25) is 5.91 Å². The molecule has 2 heterocycles. The normalized spacial score (nSPS) is 21.3. The number of benzene rings is 2. The first-order chi connectivity index (χ1) is 14.5. The maximum Gasteiger partial charge on any atom is 0.248 e. The minimum absolute atomic E-state index is 0.0649. The monoisotopic (exact) mass is 430 g/mol. The van der Waals surface area contributed by atoms with Crippen molar-refractivity contribution in [2.45, 2.75) is 25.3 Å². The van der Waals surface area contributed by atoms with Crippen molar-refractivity contribution >= 4 is 17.5 Å². The molecule has 2 aromatic rings. The zero-order valence-electron chi connectivity index (χ0n) is 17.3. The summed E-state index contributed by atoms with van der Waals surface area (Å²) in [5, 5.41) is 0.159. The van der Waals surface area contributed by atoms with Crippen LogP contribution >= 0.6 is 11.6 Å². The largest absolute Gasteiger partial charge is 0.375 e. The molecule has 0 saturated carbocycles. The van der Waals surface area contributed by atoms with E-state index in [1.165, 1.54) is 11.6 Å². The van der Waals surface area contributed by atoms with Gasteiger partial charge in [-0.15, -0.1) is 0 Å². The van der Waals surface area contributed by atoms with Crippen LogP contribution in [0.1, 0.15) is 29.9 Å². The fourth-order valence-electron chi connectivity index (χ4n) is 5.16. The minimum atomic E-state index is -0.368. The highest BCUT2D eigenvalue weighted by Gasteiger charge is 2.48. The van der Waals surface area contributed by atoms with Crippen molar-refractivity contribution in [1.82, 2.24) is 9.80 Å². The molecule has 1 atom stereocenters. The van der Waals surface area contributed by atoms with Crippen LogP contribution in [0.4, 0.5) is 4.39 Å². The lowest BCUT2D eigenvalue weighted by molar-refractivity contribution is -0.137. The van der Waals surface area contributed by atoms with E-state index in [2.05, 4.69) is 29.2 Å². The summed E-state index contributed by atoms with van der Waals surface area (Å²) < 4.78 is 19.0. The summed E-state index contributed by atoms with van der Waals surface area (Å²) in [5.74, 6) is 0.0956. The Labute approximate surface area is 182 Å². The van der Waals surface area contributed by atoms with Crippen LogP contribution in [0.25, 0.3) is 0 Å². The van der Waals surface area contributed by atoms with Crippen LogP contribution in [0.5, 0.6) is 0 Å². The molecule has 1 amide bonds. The first-order valence-electron chi connectivity index (χ1n) is 10.5. The molecule has 0 aromatic heterocycles. The highest BCUT2D eigenvalue weighted by Crippen LogP contribution is 2.50. The van der Waals surface area contributed by atoms with Gasteiger partial charge in [0, 0.05) is 45.8 Å². The molecule has 2 aliphatic heterocycles. The summed E-state index contributed by atoms with van der Waals surface area (Å²) in [6.45, 7) is 4.24. The first kappa shape index (κ1) is 21.3. The Bertz CT molecular complexity index is 884. The van der Waals surface area contributed by atoms with E-state index in [-0.39, 0.29) is 28.8 Å². The van der Waals surface area contributed by atoms with E-state index in [0.29, 0.717) is 12.5 Å². The summed E-state index contributed by atoms with van der Waals surface area (Å²) in [7, 11) is 1.56. The van der Waals surface area contributed by atoms with Gasteiger partial charge in [-0.25, -0.2) is 4.39 Å². The number of hydrogen-bond acceptors (Lipinski definition) is 3. The number of hydrogen-bond donors (Lipinski definition) is 0. The van der Waals surface area contributed by atoms with Crippen LogP contribution in [0.2, 0.25) is 5.02 Å². The molecule has 4 nitrogen and oxygen atoms in total. The number of carbonyl (C=O) groups excluding carboxylic acids is 1. The number of halogens is 2. The minimum Gasteiger partial charge on any atom is -0.375 e. The van der Waals surface area contributed by atoms with Gasteiger partial charge in [-0.3, -0.25) is 9.69 Å². The van der Waals surface area contributed by atoms with Gasteiger partial charge in [-0.2, -0.15) is 0 Å². The number of nitrogens with zero attached hydrogens (tertiary/aromatic N) is 2. The van der Waals surface area contributed by atoms with Gasteiger partial charge in [0.25, 0.3) is 0 Å². The molecule has 0 unspecified atom stereocenters. The van der Waals surface area contributed by atoms with E-state index in [1.807, 2.05) is 17.0 Å².